The second-order valence-electron chi connectivity index (χ2n) is 8.31. The number of fused-ring (bicyclic) bond motifs is 5. The van der Waals surface area contributed by atoms with Gasteiger partial charge in [0.05, 0.1) is 11.3 Å². The quantitative estimate of drug-likeness (QED) is 0.405. The number of allylic oxidation sites excluding steroid dienone is 3. The van der Waals surface area contributed by atoms with Crippen molar-refractivity contribution in [2.75, 3.05) is 0 Å². The summed E-state index contributed by atoms with van der Waals surface area (Å²) in [5.41, 5.74) is 1.73. The average Bonchev–Trinajstić information content (AvgIpc) is 2.76. The molecule has 4 rings (SSSR count). The molecule has 4 aliphatic carbocycles. The van der Waals surface area contributed by atoms with E-state index in [1.165, 1.54) is 18.4 Å². The SMILES string of the molecule is C[C@]1(O)C=C[C@H]2[C@@H]3CCC4=C/C(=N/O)CC[C@@H]4[C@H]3CC[C@@]21C. The highest BCUT2D eigenvalue weighted by Crippen LogP contribution is 2.62. The van der Waals surface area contributed by atoms with Crippen LogP contribution in [0.15, 0.2) is 29.0 Å². The lowest BCUT2D eigenvalue weighted by Gasteiger charge is -2.55. The van der Waals surface area contributed by atoms with Gasteiger partial charge in [0.2, 0.25) is 0 Å². The molecule has 2 N–H and O–H groups in total. The normalized spacial score (nSPS) is 52.0. The highest BCUT2D eigenvalue weighted by Gasteiger charge is 2.58. The Labute approximate surface area is 132 Å². The molecular formula is C19H27NO2. The van der Waals surface area contributed by atoms with Gasteiger partial charge >= 0.3 is 0 Å². The lowest BCUT2D eigenvalue weighted by molar-refractivity contribution is -0.0928. The summed E-state index contributed by atoms with van der Waals surface area (Å²) in [6, 6.07) is 0. The fourth-order valence-electron chi connectivity index (χ4n) is 5.95. The van der Waals surface area contributed by atoms with Crippen molar-refractivity contribution in [1.29, 1.82) is 0 Å². The summed E-state index contributed by atoms with van der Waals surface area (Å²) in [7, 11) is 0. The molecule has 0 bridgehead atoms. The zero-order valence-corrected chi connectivity index (χ0v) is 13.6. The second-order valence-corrected chi connectivity index (χ2v) is 8.31. The minimum atomic E-state index is -0.651. The van der Waals surface area contributed by atoms with Crippen LogP contribution in [0.2, 0.25) is 0 Å². The molecule has 0 spiro atoms. The minimum absolute atomic E-state index is 0.0156. The van der Waals surface area contributed by atoms with E-state index in [4.69, 9.17) is 5.21 Å². The van der Waals surface area contributed by atoms with E-state index in [2.05, 4.69) is 30.3 Å². The smallest absolute Gasteiger partial charge is 0.0858 e. The van der Waals surface area contributed by atoms with E-state index in [-0.39, 0.29) is 5.41 Å². The van der Waals surface area contributed by atoms with Gasteiger partial charge in [-0.05, 0) is 75.2 Å². The van der Waals surface area contributed by atoms with Gasteiger partial charge in [-0.15, -0.1) is 0 Å². The third-order valence-electron chi connectivity index (χ3n) is 7.48. The number of hydrogen-bond donors (Lipinski definition) is 2. The van der Waals surface area contributed by atoms with Crippen molar-refractivity contribution in [2.24, 2.45) is 34.2 Å². The van der Waals surface area contributed by atoms with Crippen molar-refractivity contribution in [1.82, 2.24) is 0 Å². The van der Waals surface area contributed by atoms with Crippen LogP contribution in [0.5, 0.6) is 0 Å². The van der Waals surface area contributed by atoms with E-state index in [9.17, 15) is 5.11 Å². The molecule has 0 aliphatic heterocycles. The zero-order valence-electron chi connectivity index (χ0n) is 13.6. The van der Waals surface area contributed by atoms with Crippen molar-refractivity contribution in [3.05, 3.63) is 23.8 Å². The standard InChI is InChI=1S/C19H27NO2/c1-18-9-7-15-14-6-4-13(20-22)11-12(14)3-5-16(15)17(18)8-10-19(18,2)21/h8,10-11,14-17,21-22H,3-7,9H2,1-2H3/b20-13+/t14-,15+,16+,17-,18-,19-/m0/s1. The van der Waals surface area contributed by atoms with Crippen molar-refractivity contribution >= 4 is 5.71 Å². The van der Waals surface area contributed by atoms with Gasteiger partial charge in [-0.3, -0.25) is 0 Å². The van der Waals surface area contributed by atoms with Crippen LogP contribution < -0.4 is 0 Å². The first-order valence-electron chi connectivity index (χ1n) is 8.79. The number of hydrogen-bond acceptors (Lipinski definition) is 3. The van der Waals surface area contributed by atoms with Gasteiger partial charge in [0.1, 0.15) is 0 Å². The molecule has 22 heavy (non-hydrogen) atoms. The maximum atomic E-state index is 10.8. The van der Waals surface area contributed by atoms with Crippen LogP contribution in [-0.2, 0) is 0 Å². The van der Waals surface area contributed by atoms with Crippen LogP contribution in [0.1, 0.15) is 52.4 Å². The largest absolute Gasteiger partial charge is 0.411 e. The lowest BCUT2D eigenvalue weighted by Crippen LogP contribution is -2.52. The van der Waals surface area contributed by atoms with Gasteiger partial charge < -0.3 is 10.3 Å². The Morgan fingerprint density at radius 3 is 2.73 bits per heavy atom. The number of oxime groups is 1. The van der Waals surface area contributed by atoms with E-state index in [0.717, 1.165) is 37.3 Å². The summed E-state index contributed by atoms with van der Waals surface area (Å²) >= 11 is 0. The number of nitrogens with zero attached hydrogens (tertiary/aromatic N) is 1. The Bertz CT molecular complexity index is 574. The summed E-state index contributed by atoms with van der Waals surface area (Å²) < 4.78 is 0. The third-order valence-corrected chi connectivity index (χ3v) is 7.48. The molecule has 0 aromatic rings. The summed E-state index contributed by atoms with van der Waals surface area (Å²) in [6.45, 7) is 4.28. The highest BCUT2D eigenvalue weighted by molar-refractivity contribution is 5.96. The Kier molecular flexibility index (Phi) is 3.10. The summed E-state index contributed by atoms with van der Waals surface area (Å²) in [5, 5.41) is 23.3. The first kappa shape index (κ1) is 14.5. The molecule has 6 atom stereocenters. The van der Waals surface area contributed by atoms with Crippen LogP contribution in [-0.4, -0.2) is 21.6 Å². The molecule has 4 aliphatic rings. The number of rotatable bonds is 0. The van der Waals surface area contributed by atoms with Crippen LogP contribution in [0, 0.1) is 29.1 Å². The third kappa shape index (κ3) is 1.81. The fourth-order valence-corrected chi connectivity index (χ4v) is 5.95. The molecule has 2 fully saturated rings. The molecule has 0 radical (unpaired) electrons. The minimum Gasteiger partial charge on any atom is -0.411 e. The molecule has 3 heteroatoms. The molecule has 3 nitrogen and oxygen atoms in total. The van der Waals surface area contributed by atoms with Gasteiger partial charge in [0, 0.05) is 5.41 Å². The topological polar surface area (TPSA) is 52.8 Å². The Balaban J connectivity index is 1.64. The number of aliphatic hydroxyl groups is 1. The van der Waals surface area contributed by atoms with Gasteiger partial charge in [-0.25, -0.2) is 0 Å². The van der Waals surface area contributed by atoms with E-state index in [0.29, 0.717) is 17.8 Å². The van der Waals surface area contributed by atoms with Crippen LogP contribution >= 0.6 is 0 Å². The van der Waals surface area contributed by atoms with Crippen LogP contribution in [0.4, 0.5) is 0 Å². The first-order valence-corrected chi connectivity index (χ1v) is 8.79. The molecular weight excluding hydrogens is 274 g/mol. The Morgan fingerprint density at radius 2 is 1.95 bits per heavy atom. The fraction of sp³-hybridized carbons (Fsp3) is 0.737. The molecule has 120 valence electrons. The lowest BCUT2D eigenvalue weighted by atomic mass is 9.50. The highest BCUT2D eigenvalue weighted by atomic mass is 16.4. The van der Waals surface area contributed by atoms with Gasteiger partial charge in [0.15, 0.2) is 0 Å². The van der Waals surface area contributed by atoms with Crippen molar-refractivity contribution in [3.8, 4) is 0 Å². The summed E-state index contributed by atoms with van der Waals surface area (Å²) in [4.78, 5) is 0. The van der Waals surface area contributed by atoms with Gasteiger partial charge in [0.25, 0.3) is 0 Å². The van der Waals surface area contributed by atoms with E-state index < -0.39 is 5.60 Å². The van der Waals surface area contributed by atoms with Crippen LogP contribution in [0.25, 0.3) is 0 Å². The molecule has 0 aromatic carbocycles. The zero-order chi connectivity index (χ0) is 15.5. The van der Waals surface area contributed by atoms with Gasteiger partial charge in [-0.1, -0.05) is 29.8 Å². The average molecular weight is 301 g/mol. The monoisotopic (exact) mass is 301 g/mol. The molecule has 0 aromatic heterocycles. The van der Waals surface area contributed by atoms with E-state index in [1.54, 1.807) is 0 Å². The maximum Gasteiger partial charge on any atom is 0.0858 e. The van der Waals surface area contributed by atoms with E-state index >= 15 is 0 Å². The predicted octanol–water partition coefficient (Wildman–Crippen LogP) is 3.92. The maximum absolute atomic E-state index is 10.8. The van der Waals surface area contributed by atoms with E-state index in [1.807, 2.05) is 6.92 Å². The Morgan fingerprint density at radius 1 is 1.14 bits per heavy atom. The first-order chi connectivity index (χ1) is 10.5. The van der Waals surface area contributed by atoms with Crippen molar-refractivity contribution in [2.45, 2.75) is 58.0 Å². The molecule has 0 unspecified atom stereocenters. The van der Waals surface area contributed by atoms with Crippen molar-refractivity contribution < 1.29 is 10.3 Å². The molecule has 2 saturated carbocycles. The summed E-state index contributed by atoms with van der Waals surface area (Å²) in [5.74, 6) is 2.65. The molecule has 0 heterocycles. The molecule has 0 saturated heterocycles. The summed E-state index contributed by atoms with van der Waals surface area (Å²) in [6.07, 6.45) is 13.3. The van der Waals surface area contributed by atoms with Crippen LogP contribution in [0.3, 0.4) is 0 Å². The Hall–Kier alpha value is -1.09. The molecule has 0 amide bonds. The van der Waals surface area contributed by atoms with Gasteiger partial charge in [-0.2, -0.15) is 0 Å². The van der Waals surface area contributed by atoms with Crippen molar-refractivity contribution in [3.63, 3.8) is 0 Å². The predicted molar refractivity (Wildman–Crippen MR) is 86.8 cm³/mol. The second kappa shape index (κ2) is 4.70.